The number of carbonyl (C=O) groups is 1. The molecule has 1 fully saturated rings. The molecule has 0 aliphatic carbocycles. The molecule has 0 amide bonds. The van der Waals surface area contributed by atoms with E-state index in [0.29, 0.717) is 6.42 Å². The van der Waals surface area contributed by atoms with Gasteiger partial charge in [0, 0.05) is 17.2 Å². The Morgan fingerprint density at radius 3 is 2.62 bits per heavy atom. The highest BCUT2D eigenvalue weighted by atomic mass is 31.2. The van der Waals surface area contributed by atoms with Crippen LogP contribution in [0.25, 0.3) is 10.4 Å². The van der Waals surface area contributed by atoms with Crippen molar-refractivity contribution < 1.29 is 38.1 Å². The summed E-state index contributed by atoms with van der Waals surface area (Å²) in [5, 5.41) is 27.3. The van der Waals surface area contributed by atoms with Gasteiger partial charge in [-0.3, -0.25) is 23.7 Å². The molecule has 17 heteroatoms. The number of para-hydroxylation sites is 1. The number of rotatable bonds is 12. The van der Waals surface area contributed by atoms with Crippen molar-refractivity contribution in [3.63, 3.8) is 0 Å². The largest absolute Gasteiger partial charge is 0.462 e. The fourth-order valence-electron chi connectivity index (χ4n) is 3.49. The summed E-state index contributed by atoms with van der Waals surface area (Å²) < 4.78 is 36.4. The van der Waals surface area contributed by atoms with Crippen LogP contribution >= 0.6 is 7.75 Å². The zero-order valence-electron chi connectivity index (χ0n) is 21.2. The number of benzene rings is 1. The van der Waals surface area contributed by atoms with Gasteiger partial charge in [0.15, 0.2) is 6.23 Å². The molecule has 0 radical (unpaired) electrons. The van der Waals surface area contributed by atoms with Crippen molar-refractivity contribution in [2.45, 2.75) is 63.5 Å². The monoisotopic (exact) mass is 568 g/mol. The number of esters is 1. The summed E-state index contributed by atoms with van der Waals surface area (Å²) in [7, 11) is -4.50. The maximum Gasteiger partial charge on any atom is 0.459 e. The number of H-pyrrole nitrogens is 1. The normalized spacial score (nSPS) is 25.6. The molecule has 2 aromatic rings. The summed E-state index contributed by atoms with van der Waals surface area (Å²) in [6, 6.07) is 7.57. The second-order valence-electron chi connectivity index (χ2n) is 8.68. The molecule has 1 aliphatic rings. The van der Waals surface area contributed by atoms with E-state index >= 15 is 0 Å². The van der Waals surface area contributed by atoms with Crippen LogP contribution in [-0.2, 0) is 23.4 Å². The Hall–Kier alpha value is -3.49. The third-order valence-electron chi connectivity index (χ3n) is 5.75. The zero-order chi connectivity index (χ0) is 28.8. The molecular formula is C22H29N6O10P. The number of carbonyl (C=O) groups excluding carboxylic acids is 1. The van der Waals surface area contributed by atoms with Crippen molar-refractivity contribution in [2.24, 2.45) is 5.11 Å². The van der Waals surface area contributed by atoms with Crippen LogP contribution in [0, 0.1) is 0 Å². The molecule has 1 aromatic carbocycles. The lowest BCUT2D eigenvalue weighted by atomic mass is 10.1. The molecular weight excluding hydrogens is 539 g/mol. The molecule has 212 valence electrons. The van der Waals surface area contributed by atoms with Gasteiger partial charge in [-0.25, -0.2) is 9.36 Å². The Kier molecular flexibility index (Phi) is 9.69. The lowest BCUT2D eigenvalue weighted by molar-refractivity contribution is -0.150. The lowest BCUT2D eigenvalue weighted by Gasteiger charge is -2.29. The Labute approximate surface area is 221 Å². The van der Waals surface area contributed by atoms with E-state index in [9.17, 15) is 34.7 Å². The molecule has 2 heterocycles. The lowest BCUT2D eigenvalue weighted by Crippen LogP contribution is -2.46. The van der Waals surface area contributed by atoms with Crippen molar-refractivity contribution >= 4 is 13.7 Å². The molecule has 16 nitrogen and oxygen atoms in total. The van der Waals surface area contributed by atoms with Crippen LogP contribution in [0.15, 0.2) is 57.3 Å². The van der Waals surface area contributed by atoms with Gasteiger partial charge in [-0.2, -0.15) is 5.09 Å². The number of nitrogens with one attached hydrogen (secondary N) is 2. The Morgan fingerprint density at radius 2 is 2.00 bits per heavy atom. The fraction of sp³-hybridized carbons (Fsp3) is 0.500. The third kappa shape index (κ3) is 7.13. The predicted octanol–water partition coefficient (Wildman–Crippen LogP) is 1.32. The van der Waals surface area contributed by atoms with Gasteiger partial charge in [-0.05, 0) is 37.9 Å². The van der Waals surface area contributed by atoms with Crippen LogP contribution < -0.4 is 20.9 Å². The highest BCUT2D eigenvalue weighted by molar-refractivity contribution is 7.52. The number of aromatic nitrogens is 2. The van der Waals surface area contributed by atoms with Crippen LogP contribution in [0.3, 0.4) is 0 Å². The standard InChI is InChI=1S/C22H29N6O10P/c1-4-13(2)36-20(32)14(3)25-39(34,38-15-8-6-5-7-9-15)35-12-22(26-27-23)18(31)17(30)19(37-22)28-11-10-16(29)24-21(28)33/h5-11,13-14,17-19,30-31H,4,12H2,1-3H3,(H,25,34)(H,24,29,33)/t13?,14-,17-,18+,19-,22-,39?/m1/s1. The number of hydrogen-bond acceptors (Lipinski definition) is 11. The number of aliphatic hydroxyl groups excluding tert-OH is 2. The van der Waals surface area contributed by atoms with Gasteiger partial charge >= 0.3 is 19.4 Å². The highest BCUT2D eigenvalue weighted by Gasteiger charge is 2.56. The molecule has 39 heavy (non-hydrogen) atoms. The Morgan fingerprint density at radius 1 is 1.31 bits per heavy atom. The average Bonchev–Trinajstić information content (AvgIpc) is 3.13. The molecule has 3 rings (SSSR count). The fourth-order valence-corrected chi connectivity index (χ4v) is 5.00. The number of hydrogen-bond donors (Lipinski definition) is 4. The zero-order valence-corrected chi connectivity index (χ0v) is 22.1. The van der Waals surface area contributed by atoms with Gasteiger partial charge in [-0.15, -0.1) is 0 Å². The van der Waals surface area contributed by atoms with Gasteiger partial charge < -0.3 is 24.2 Å². The predicted molar refractivity (Wildman–Crippen MR) is 134 cm³/mol. The van der Waals surface area contributed by atoms with Gasteiger partial charge in [0.1, 0.15) is 24.0 Å². The molecule has 7 atom stereocenters. The van der Waals surface area contributed by atoms with Gasteiger partial charge in [0.25, 0.3) is 5.56 Å². The van der Waals surface area contributed by atoms with E-state index in [0.717, 1.165) is 16.8 Å². The first-order valence-corrected chi connectivity index (χ1v) is 13.4. The highest BCUT2D eigenvalue weighted by Crippen LogP contribution is 2.48. The minimum absolute atomic E-state index is 0.0826. The van der Waals surface area contributed by atoms with E-state index < -0.39 is 67.9 Å². The summed E-state index contributed by atoms with van der Waals surface area (Å²) in [5.41, 5.74) is 5.06. The van der Waals surface area contributed by atoms with Crippen molar-refractivity contribution in [2.75, 3.05) is 6.61 Å². The molecule has 0 saturated carbocycles. The SMILES string of the molecule is CCC(C)OC(=O)[C@@H](C)NP(=O)(OC[C@@]1(N=[N+]=[N-])O[C@@H](n2ccc(=O)[nH]c2=O)[C@H](O)[C@@H]1O)Oc1ccccc1. The van der Waals surface area contributed by atoms with E-state index in [-0.39, 0.29) is 5.75 Å². The van der Waals surface area contributed by atoms with Crippen molar-refractivity contribution in [1.82, 2.24) is 14.6 Å². The number of aromatic amines is 1. The van der Waals surface area contributed by atoms with Gasteiger partial charge in [0.2, 0.25) is 5.72 Å². The summed E-state index contributed by atoms with van der Waals surface area (Å²) in [6.45, 7) is 3.89. The summed E-state index contributed by atoms with van der Waals surface area (Å²) in [5.74, 6) is -0.668. The molecule has 1 saturated heterocycles. The van der Waals surface area contributed by atoms with Gasteiger partial charge in [-0.1, -0.05) is 30.2 Å². The van der Waals surface area contributed by atoms with Crippen LogP contribution in [0.1, 0.15) is 33.4 Å². The second kappa shape index (κ2) is 12.6. The number of azide groups is 1. The number of ether oxygens (including phenoxy) is 2. The summed E-state index contributed by atoms with van der Waals surface area (Å²) >= 11 is 0. The number of aliphatic hydroxyl groups is 2. The molecule has 0 bridgehead atoms. The van der Waals surface area contributed by atoms with E-state index in [1.807, 2.05) is 11.9 Å². The molecule has 1 aromatic heterocycles. The molecule has 0 spiro atoms. The van der Waals surface area contributed by atoms with E-state index in [2.05, 4.69) is 15.1 Å². The van der Waals surface area contributed by atoms with Crippen molar-refractivity contribution in [3.05, 3.63) is 73.9 Å². The Balaban J connectivity index is 1.90. The van der Waals surface area contributed by atoms with E-state index in [1.165, 1.54) is 19.1 Å². The summed E-state index contributed by atoms with van der Waals surface area (Å²) in [4.78, 5) is 40.7. The maximum atomic E-state index is 13.8. The minimum atomic E-state index is -4.50. The summed E-state index contributed by atoms with van der Waals surface area (Å²) in [6.07, 6.45) is -4.35. The first-order chi connectivity index (χ1) is 18.4. The van der Waals surface area contributed by atoms with E-state index in [1.54, 1.807) is 25.1 Å². The quantitative estimate of drug-likeness (QED) is 0.0938. The van der Waals surface area contributed by atoms with Crippen LogP contribution in [0.5, 0.6) is 5.75 Å². The first-order valence-electron chi connectivity index (χ1n) is 11.8. The Bertz CT molecular complexity index is 1360. The third-order valence-corrected chi connectivity index (χ3v) is 7.37. The number of nitrogens with zero attached hydrogens (tertiary/aromatic N) is 4. The van der Waals surface area contributed by atoms with E-state index in [4.69, 9.17) is 18.5 Å². The molecule has 2 unspecified atom stereocenters. The second-order valence-corrected chi connectivity index (χ2v) is 10.4. The van der Waals surface area contributed by atoms with Crippen molar-refractivity contribution in [1.29, 1.82) is 0 Å². The minimum Gasteiger partial charge on any atom is -0.462 e. The smallest absolute Gasteiger partial charge is 0.459 e. The average molecular weight is 568 g/mol. The van der Waals surface area contributed by atoms with Crippen molar-refractivity contribution in [3.8, 4) is 5.75 Å². The maximum absolute atomic E-state index is 13.8. The van der Waals surface area contributed by atoms with Crippen LogP contribution in [0.4, 0.5) is 0 Å². The van der Waals surface area contributed by atoms with Crippen LogP contribution in [0.2, 0.25) is 0 Å². The first kappa shape index (κ1) is 30.1. The topological polar surface area (TPSA) is 227 Å². The molecule has 1 aliphatic heterocycles. The molecule has 4 N–H and O–H groups in total. The van der Waals surface area contributed by atoms with Crippen LogP contribution in [-0.4, -0.2) is 62.4 Å². The van der Waals surface area contributed by atoms with Gasteiger partial charge in [0.05, 0.1) is 12.7 Å².